The van der Waals surface area contributed by atoms with Crippen molar-refractivity contribution in [2.24, 2.45) is 0 Å². The lowest BCUT2D eigenvalue weighted by Crippen LogP contribution is -2.57. The first kappa shape index (κ1) is 18.0. The Bertz CT molecular complexity index is 599. The van der Waals surface area contributed by atoms with Gasteiger partial charge in [0.2, 0.25) is 0 Å². The van der Waals surface area contributed by atoms with Crippen molar-refractivity contribution < 1.29 is 19.4 Å². The summed E-state index contributed by atoms with van der Waals surface area (Å²) in [6.45, 7) is 6.64. The quantitative estimate of drug-likeness (QED) is 0.863. The number of likely N-dealkylation sites (tertiary alicyclic amines) is 1. The summed E-state index contributed by atoms with van der Waals surface area (Å²) in [4.78, 5) is 26.7. The fourth-order valence-electron chi connectivity index (χ4n) is 2.51. The molecule has 2 rings (SSSR count). The van der Waals surface area contributed by atoms with Crippen molar-refractivity contribution in [2.75, 3.05) is 13.1 Å². The Kier molecular flexibility index (Phi) is 5.23. The fraction of sp³-hybridized carbons (Fsp3) is 0.600. The third kappa shape index (κ3) is 4.83. The maximum atomic E-state index is 12.0. The molecule has 0 aliphatic carbocycles. The molecule has 2 heterocycles. The Morgan fingerprint density at radius 1 is 1.48 bits per heavy atom. The molecular weight excluding hydrogens is 340 g/mol. The SMILES string of the molecule is CC(C)(C)OC(=O)NC1(C(=O)O)CCN(Cc2ccc(Cl)s2)C1. The number of carbonyl (C=O) groups excluding carboxylic acids is 1. The Morgan fingerprint density at radius 2 is 2.17 bits per heavy atom. The van der Waals surface area contributed by atoms with Gasteiger partial charge in [0.25, 0.3) is 0 Å². The molecule has 1 fully saturated rings. The van der Waals surface area contributed by atoms with Crippen LogP contribution in [0.3, 0.4) is 0 Å². The van der Waals surface area contributed by atoms with E-state index in [0.717, 1.165) is 4.88 Å². The van der Waals surface area contributed by atoms with Crippen molar-refractivity contribution in [2.45, 2.75) is 44.9 Å². The van der Waals surface area contributed by atoms with Crippen LogP contribution in [-0.2, 0) is 16.1 Å². The van der Waals surface area contributed by atoms with E-state index in [0.29, 0.717) is 23.8 Å². The first-order valence-electron chi connectivity index (χ1n) is 7.31. The predicted octanol–water partition coefficient (Wildman–Crippen LogP) is 2.96. The third-order valence-electron chi connectivity index (χ3n) is 3.51. The van der Waals surface area contributed by atoms with Gasteiger partial charge >= 0.3 is 12.1 Å². The molecule has 6 nitrogen and oxygen atoms in total. The van der Waals surface area contributed by atoms with E-state index < -0.39 is 23.2 Å². The van der Waals surface area contributed by atoms with Gasteiger partial charge in [-0.15, -0.1) is 11.3 Å². The minimum atomic E-state index is -1.32. The molecule has 0 aromatic carbocycles. The zero-order chi connectivity index (χ0) is 17.3. The number of ether oxygens (including phenoxy) is 1. The fourth-order valence-corrected chi connectivity index (χ4v) is 3.64. The lowest BCUT2D eigenvalue weighted by atomic mass is 9.99. The van der Waals surface area contributed by atoms with Crippen LogP contribution < -0.4 is 5.32 Å². The molecule has 1 aliphatic rings. The summed E-state index contributed by atoms with van der Waals surface area (Å²) < 4.78 is 5.89. The van der Waals surface area contributed by atoms with Crippen LogP contribution in [0.1, 0.15) is 32.1 Å². The smallest absolute Gasteiger partial charge is 0.408 e. The predicted molar refractivity (Wildman–Crippen MR) is 89.0 cm³/mol. The van der Waals surface area contributed by atoms with Crippen molar-refractivity contribution in [3.05, 3.63) is 21.3 Å². The number of nitrogens with one attached hydrogen (secondary N) is 1. The van der Waals surface area contributed by atoms with Gasteiger partial charge in [-0.2, -0.15) is 0 Å². The molecule has 23 heavy (non-hydrogen) atoms. The number of alkyl carbamates (subject to hydrolysis) is 1. The summed E-state index contributed by atoms with van der Waals surface area (Å²) >= 11 is 7.38. The largest absolute Gasteiger partial charge is 0.479 e. The number of nitrogens with zero attached hydrogens (tertiary/aromatic N) is 1. The van der Waals surface area contributed by atoms with E-state index >= 15 is 0 Å². The average molecular weight is 361 g/mol. The van der Waals surface area contributed by atoms with E-state index in [4.69, 9.17) is 16.3 Å². The topological polar surface area (TPSA) is 78.9 Å². The number of halogens is 1. The molecule has 1 unspecified atom stereocenters. The maximum Gasteiger partial charge on any atom is 0.408 e. The molecule has 0 radical (unpaired) electrons. The van der Waals surface area contributed by atoms with Gasteiger partial charge in [0.1, 0.15) is 5.60 Å². The number of amides is 1. The van der Waals surface area contributed by atoms with Crippen LogP contribution in [0.5, 0.6) is 0 Å². The summed E-state index contributed by atoms with van der Waals surface area (Å²) in [7, 11) is 0. The second kappa shape index (κ2) is 6.67. The van der Waals surface area contributed by atoms with Gasteiger partial charge in [0.15, 0.2) is 5.54 Å². The van der Waals surface area contributed by atoms with E-state index in [9.17, 15) is 14.7 Å². The molecule has 128 valence electrons. The molecular formula is C15H21ClN2O4S. The monoisotopic (exact) mass is 360 g/mol. The van der Waals surface area contributed by atoms with Gasteiger partial charge in [0.05, 0.1) is 4.34 Å². The first-order chi connectivity index (χ1) is 10.6. The number of carbonyl (C=O) groups is 2. The van der Waals surface area contributed by atoms with Crippen molar-refractivity contribution in [1.29, 1.82) is 0 Å². The lowest BCUT2D eigenvalue weighted by molar-refractivity contribution is -0.144. The van der Waals surface area contributed by atoms with Crippen LogP contribution in [-0.4, -0.2) is 46.3 Å². The van der Waals surface area contributed by atoms with Crippen LogP contribution in [0.2, 0.25) is 4.34 Å². The van der Waals surface area contributed by atoms with E-state index in [2.05, 4.69) is 5.32 Å². The second-order valence-corrected chi connectivity index (χ2v) is 8.48. The summed E-state index contributed by atoms with van der Waals surface area (Å²) in [6, 6.07) is 3.75. The van der Waals surface area contributed by atoms with Crippen molar-refractivity contribution >= 4 is 35.0 Å². The summed E-state index contributed by atoms with van der Waals surface area (Å²) in [5.74, 6) is -1.05. The molecule has 1 aromatic rings. The van der Waals surface area contributed by atoms with Gasteiger partial charge in [-0.1, -0.05) is 11.6 Å². The molecule has 0 spiro atoms. The summed E-state index contributed by atoms with van der Waals surface area (Å²) in [5.41, 5.74) is -1.99. The first-order valence-corrected chi connectivity index (χ1v) is 8.50. The van der Waals surface area contributed by atoms with Crippen LogP contribution in [0.4, 0.5) is 4.79 Å². The Morgan fingerprint density at radius 3 is 2.70 bits per heavy atom. The molecule has 1 atom stereocenters. The maximum absolute atomic E-state index is 12.0. The molecule has 1 amide bonds. The second-order valence-electron chi connectivity index (χ2n) is 6.68. The Labute approximate surface area is 144 Å². The number of hydrogen-bond donors (Lipinski definition) is 2. The molecule has 2 N–H and O–H groups in total. The number of aliphatic carboxylic acids is 1. The number of carboxylic acids is 1. The van der Waals surface area contributed by atoms with Crippen LogP contribution in [0.25, 0.3) is 0 Å². The van der Waals surface area contributed by atoms with Gasteiger partial charge in [0, 0.05) is 24.5 Å². The summed E-state index contributed by atoms with van der Waals surface area (Å²) in [6.07, 6.45) is -0.373. The number of hydrogen-bond acceptors (Lipinski definition) is 5. The highest BCUT2D eigenvalue weighted by Crippen LogP contribution is 2.28. The van der Waals surface area contributed by atoms with E-state index in [-0.39, 0.29) is 6.54 Å². The van der Waals surface area contributed by atoms with Crippen LogP contribution in [0.15, 0.2) is 12.1 Å². The third-order valence-corrected chi connectivity index (χ3v) is 4.72. The zero-order valence-electron chi connectivity index (χ0n) is 13.4. The van der Waals surface area contributed by atoms with Gasteiger partial charge in [-0.05, 0) is 39.3 Å². The van der Waals surface area contributed by atoms with Crippen LogP contribution in [0, 0.1) is 0 Å². The highest BCUT2D eigenvalue weighted by molar-refractivity contribution is 7.16. The summed E-state index contributed by atoms with van der Waals surface area (Å²) in [5, 5.41) is 12.1. The number of carboxylic acid groups (broad SMARTS) is 1. The lowest BCUT2D eigenvalue weighted by Gasteiger charge is -2.28. The normalized spacial score (nSPS) is 22.1. The molecule has 8 heteroatoms. The van der Waals surface area contributed by atoms with Crippen molar-refractivity contribution in [3.8, 4) is 0 Å². The minimum Gasteiger partial charge on any atom is -0.479 e. The Balaban J connectivity index is 2.02. The highest BCUT2D eigenvalue weighted by atomic mass is 35.5. The van der Waals surface area contributed by atoms with Gasteiger partial charge < -0.3 is 15.2 Å². The van der Waals surface area contributed by atoms with E-state index in [1.807, 2.05) is 17.0 Å². The molecule has 0 bridgehead atoms. The molecule has 0 saturated carbocycles. The molecule has 1 aromatic heterocycles. The standard InChI is InChI=1S/C15H21ClN2O4S/c1-14(2,3)22-13(21)17-15(12(19)20)6-7-18(9-15)8-10-4-5-11(16)23-10/h4-5H,6-9H2,1-3H3,(H,17,21)(H,19,20). The minimum absolute atomic E-state index is 0.233. The van der Waals surface area contributed by atoms with Crippen molar-refractivity contribution in [1.82, 2.24) is 10.2 Å². The van der Waals surface area contributed by atoms with Gasteiger partial charge in [-0.3, -0.25) is 4.90 Å². The van der Waals surface area contributed by atoms with E-state index in [1.54, 1.807) is 20.8 Å². The van der Waals surface area contributed by atoms with Crippen molar-refractivity contribution in [3.63, 3.8) is 0 Å². The zero-order valence-corrected chi connectivity index (χ0v) is 15.0. The van der Waals surface area contributed by atoms with E-state index in [1.165, 1.54) is 11.3 Å². The average Bonchev–Trinajstić information content (AvgIpc) is 2.95. The number of thiophene rings is 1. The Hall–Kier alpha value is -1.31. The van der Waals surface area contributed by atoms with Crippen LogP contribution >= 0.6 is 22.9 Å². The molecule has 1 aliphatic heterocycles. The van der Waals surface area contributed by atoms with Gasteiger partial charge in [-0.25, -0.2) is 9.59 Å². The highest BCUT2D eigenvalue weighted by Gasteiger charge is 2.46. The number of rotatable bonds is 4. The molecule has 1 saturated heterocycles.